The molecule has 0 aliphatic rings. The summed E-state index contributed by atoms with van der Waals surface area (Å²) in [5, 5.41) is 17.5. The van der Waals surface area contributed by atoms with Gasteiger partial charge in [-0.2, -0.15) is 10.5 Å². The highest BCUT2D eigenvalue weighted by molar-refractivity contribution is 5.97. The van der Waals surface area contributed by atoms with E-state index in [1.165, 1.54) is 13.2 Å². The van der Waals surface area contributed by atoms with E-state index in [0.717, 1.165) is 0 Å². The lowest BCUT2D eigenvalue weighted by Crippen LogP contribution is -2.06. The fraction of sp³-hybridized carbons (Fsp3) is 0.267. The first-order chi connectivity index (χ1) is 10.2. The lowest BCUT2D eigenvalue weighted by atomic mass is 10.1. The number of nitrogens with zero attached hydrogens (tertiary/aromatic N) is 2. The Morgan fingerprint density at radius 2 is 2.10 bits per heavy atom. The quantitative estimate of drug-likeness (QED) is 0.451. The highest BCUT2D eigenvalue weighted by atomic mass is 16.5. The fourth-order valence-electron chi connectivity index (χ4n) is 1.52. The topological polar surface area (TPSA) is 92.3 Å². The van der Waals surface area contributed by atoms with E-state index in [-0.39, 0.29) is 18.8 Å². The minimum atomic E-state index is -0.677. The van der Waals surface area contributed by atoms with Crippen LogP contribution in [0.2, 0.25) is 0 Å². The van der Waals surface area contributed by atoms with E-state index in [2.05, 4.69) is 0 Å². The summed E-state index contributed by atoms with van der Waals surface area (Å²) in [6, 6.07) is 8.50. The molecule has 0 heterocycles. The first-order valence-corrected chi connectivity index (χ1v) is 6.13. The zero-order valence-corrected chi connectivity index (χ0v) is 11.8. The zero-order chi connectivity index (χ0) is 15.7. The Bertz CT molecular complexity index is 624. The van der Waals surface area contributed by atoms with Gasteiger partial charge in [-0.15, -0.1) is 0 Å². The van der Waals surface area contributed by atoms with E-state index in [9.17, 15) is 4.79 Å². The predicted octanol–water partition coefficient (Wildman–Crippen LogP) is 2.07. The van der Waals surface area contributed by atoms with Gasteiger partial charge in [0, 0.05) is 0 Å². The lowest BCUT2D eigenvalue weighted by Gasteiger charge is -2.09. The van der Waals surface area contributed by atoms with Gasteiger partial charge in [0.05, 0.1) is 13.7 Å². The van der Waals surface area contributed by atoms with E-state index < -0.39 is 5.97 Å². The first kappa shape index (κ1) is 16.1. The number of hydrogen-bond donors (Lipinski definition) is 0. The maximum atomic E-state index is 11.5. The Labute approximate surface area is 122 Å². The largest absolute Gasteiger partial charge is 0.493 e. The second kappa shape index (κ2) is 8.23. The lowest BCUT2D eigenvalue weighted by molar-refractivity contribution is -0.137. The van der Waals surface area contributed by atoms with Crippen molar-refractivity contribution in [1.82, 2.24) is 0 Å². The molecule has 0 fully saturated rings. The Kier molecular flexibility index (Phi) is 6.30. The Morgan fingerprint density at radius 3 is 2.67 bits per heavy atom. The predicted molar refractivity (Wildman–Crippen MR) is 74.3 cm³/mol. The van der Waals surface area contributed by atoms with Gasteiger partial charge in [0.1, 0.15) is 17.7 Å². The van der Waals surface area contributed by atoms with Gasteiger partial charge >= 0.3 is 5.97 Å². The summed E-state index contributed by atoms with van der Waals surface area (Å²) in [6.45, 7) is 1.76. The maximum absolute atomic E-state index is 11.5. The van der Waals surface area contributed by atoms with Crippen LogP contribution in [0.4, 0.5) is 0 Å². The third-order valence-corrected chi connectivity index (χ3v) is 2.41. The van der Waals surface area contributed by atoms with Gasteiger partial charge in [0.15, 0.2) is 18.1 Å². The number of carbonyl (C=O) groups is 1. The van der Waals surface area contributed by atoms with Crippen LogP contribution in [0.25, 0.3) is 6.08 Å². The summed E-state index contributed by atoms with van der Waals surface area (Å²) in [5.41, 5.74) is 0.477. The summed E-state index contributed by atoms with van der Waals surface area (Å²) < 4.78 is 15.1. The third-order valence-electron chi connectivity index (χ3n) is 2.41. The van der Waals surface area contributed by atoms with Gasteiger partial charge in [0.25, 0.3) is 0 Å². The van der Waals surface area contributed by atoms with Gasteiger partial charge in [-0.1, -0.05) is 6.07 Å². The molecular weight excluding hydrogens is 272 g/mol. The van der Waals surface area contributed by atoms with Crippen molar-refractivity contribution < 1.29 is 19.0 Å². The third kappa shape index (κ3) is 4.55. The summed E-state index contributed by atoms with van der Waals surface area (Å²) in [7, 11) is 1.46. The molecule has 0 N–H and O–H groups in total. The Morgan fingerprint density at radius 1 is 1.33 bits per heavy atom. The molecular formula is C15H14N2O4. The number of benzene rings is 1. The number of rotatable bonds is 6. The maximum Gasteiger partial charge on any atom is 0.348 e. The van der Waals surface area contributed by atoms with Crippen molar-refractivity contribution in [3.05, 3.63) is 29.3 Å². The molecule has 0 aliphatic carbocycles. The second-order valence-corrected chi connectivity index (χ2v) is 3.75. The molecule has 6 heteroatoms. The highest BCUT2D eigenvalue weighted by Gasteiger charge is 2.11. The van der Waals surface area contributed by atoms with Crippen molar-refractivity contribution in [1.29, 1.82) is 10.5 Å². The number of carbonyl (C=O) groups excluding carboxylic acids is 1. The van der Waals surface area contributed by atoms with Crippen LogP contribution in [-0.2, 0) is 9.53 Å². The standard InChI is InChI=1S/C15H14N2O4/c1-3-20-15(18)12(10-17)8-11-4-5-13(21-7-6-16)14(9-11)19-2/h4-5,8-9H,3,7H2,1-2H3/b12-8+. The molecule has 1 aromatic rings. The van der Waals surface area contributed by atoms with Crippen LogP contribution in [0.5, 0.6) is 11.5 Å². The van der Waals surface area contributed by atoms with Crippen LogP contribution in [0, 0.1) is 22.7 Å². The normalized spacial score (nSPS) is 10.2. The number of esters is 1. The molecule has 0 saturated heterocycles. The molecule has 0 radical (unpaired) electrons. The molecule has 0 aromatic heterocycles. The van der Waals surface area contributed by atoms with Crippen molar-refractivity contribution >= 4 is 12.0 Å². The molecule has 0 saturated carbocycles. The SMILES string of the molecule is CCOC(=O)/C(C#N)=C/c1ccc(OCC#N)c(OC)c1. The van der Waals surface area contributed by atoms with Gasteiger partial charge in [-0.25, -0.2) is 4.79 Å². The second-order valence-electron chi connectivity index (χ2n) is 3.75. The molecule has 1 rings (SSSR count). The molecule has 0 spiro atoms. The van der Waals surface area contributed by atoms with Crippen LogP contribution < -0.4 is 9.47 Å². The van der Waals surface area contributed by atoms with Crippen molar-refractivity contribution in [2.75, 3.05) is 20.3 Å². The molecule has 0 amide bonds. The van der Waals surface area contributed by atoms with Gasteiger partial charge in [-0.3, -0.25) is 0 Å². The molecule has 1 aromatic carbocycles. The number of hydrogen-bond acceptors (Lipinski definition) is 6. The molecule has 21 heavy (non-hydrogen) atoms. The average molecular weight is 286 g/mol. The van der Waals surface area contributed by atoms with Crippen molar-refractivity contribution in [2.45, 2.75) is 6.92 Å². The number of nitriles is 2. The Hall–Kier alpha value is -2.99. The van der Waals surface area contributed by atoms with E-state index in [0.29, 0.717) is 17.1 Å². The first-order valence-electron chi connectivity index (χ1n) is 6.13. The molecule has 0 atom stereocenters. The fourth-order valence-corrected chi connectivity index (χ4v) is 1.52. The summed E-state index contributed by atoms with van der Waals surface area (Å²) in [4.78, 5) is 11.5. The summed E-state index contributed by atoms with van der Waals surface area (Å²) in [6.07, 6.45) is 1.40. The van der Waals surface area contributed by atoms with Crippen LogP contribution in [0.3, 0.4) is 0 Å². The monoisotopic (exact) mass is 286 g/mol. The van der Waals surface area contributed by atoms with Crippen LogP contribution in [-0.4, -0.2) is 26.3 Å². The van der Waals surface area contributed by atoms with E-state index in [1.807, 2.05) is 6.07 Å². The molecule has 0 bridgehead atoms. The Balaban J connectivity index is 3.06. The van der Waals surface area contributed by atoms with Crippen molar-refractivity contribution in [2.24, 2.45) is 0 Å². The van der Waals surface area contributed by atoms with Gasteiger partial charge in [0.2, 0.25) is 0 Å². The van der Waals surface area contributed by atoms with Gasteiger partial charge < -0.3 is 14.2 Å². The van der Waals surface area contributed by atoms with Crippen LogP contribution in [0.15, 0.2) is 23.8 Å². The smallest absolute Gasteiger partial charge is 0.348 e. The number of methoxy groups -OCH3 is 1. The van der Waals surface area contributed by atoms with E-state index in [4.69, 9.17) is 24.7 Å². The zero-order valence-electron chi connectivity index (χ0n) is 11.8. The highest BCUT2D eigenvalue weighted by Crippen LogP contribution is 2.28. The van der Waals surface area contributed by atoms with Gasteiger partial charge in [-0.05, 0) is 30.7 Å². The minimum Gasteiger partial charge on any atom is -0.493 e. The van der Waals surface area contributed by atoms with Crippen LogP contribution >= 0.6 is 0 Å². The molecule has 0 aliphatic heterocycles. The summed E-state index contributed by atoms with van der Waals surface area (Å²) in [5.74, 6) is 0.134. The van der Waals surface area contributed by atoms with E-state index in [1.54, 1.807) is 31.2 Å². The minimum absolute atomic E-state index is 0.0994. The van der Waals surface area contributed by atoms with E-state index >= 15 is 0 Å². The van der Waals surface area contributed by atoms with Crippen LogP contribution in [0.1, 0.15) is 12.5 Å². The molecule has 0 unspecified atom stereocenters. The summed E-state index contributed by atoms with van der Waals surface area (Å²) >= 11 is 0. The van der Waals surface area contributed by atoms with Crippen molar-refractivity contribution in [3.63, 3.8) is 0 Å². The molecule has 108 valence electrons. The average Bonchev–Trinajstić information content (AvgIpc) is 2.51. The van der Waals surface area contributed by atoms with Crippen molar-refractivity contribution in [3.8, 4) is 23.6 Å². The molecule has 6 nitrogen and oxygen atoms in total. The number of ether oxygens (including phenoxy) is 3.